The molecule has 5 rings (SSSR count). The van der Waals surface area contributed by atoms with Crippen LogP contribution in [-0.2, 0) is 39.8 Å². The zero-order valence-corrected chi connectivity index (χ0v) is 36.2. The van der Waals surface area contributed by atoms with Gasteiger partial charge in [0.15, 0.2) is 5.79 Å². The number of aromatic hydroxyl groups is 1. The van der Waals surface area contributed by atoms with Gasteiger partial charge in [-0.2, -0.15) is 0 Å². The SMILES string of the molecule is CCCCCC1(CCCCC)OC2C=C(C(=O)N3CCCC3C(=O)NC(CO)CCC(=O)OC(C)(C)C)CC(OC(=O)c3cccc(C=CCc4ccccc4O)c3)C2O1. The lowest BCUT2D eigenvalue weighted by atomic mass is 9.91. The third-order valence-electron chi connectivity index (χ3n) is 11.3. The van der Waals surface area contributed by atoms with Gasteiger partial charge in [0.1, 0.15) is 35.7 Å². The topological polar surface area (TPSA) is 161 Å². The van der Waals surface area contributed by atoms with Gasteiger partial charge in [-0.25, -0.2) is 4.79 Å². The van der Waals surface area contributed by atoms with Crippen molar-refractivity contribution in [1.82, 2.24) is 10.2 Å². The van der Waals surface area contributed by atoms with Crippen LogP contribution in [0, 0.1) is 0 Å². The average molecular weight is 831 g/mol. The first-order valence-electron chi connectivity index (χ1n) is 22.0. The summed E-state index contributed by atoms with van der Waals surface area (Å²) in [4.78, 5) is 56.0. The summed E-state index contributed by atoms with van der Waals surface area (Å²) in [5.41, 5.74) is 1.66. The largest absolute Gasteiger partial charge is 0.508 e. The molecule has 2 saturated heterocycles. The van der Waals surface area contributed by atoms with Crippen molar-refractivity contribution >= 4 is 29.8 Å². The molecule has 3 aliphatic rings. The van der Waals surface area contributed by atoms with E-state index >= 15 is 0 Å². The molecule has 12 heteroatoms. The van der Waals surface area contributed by atoms with E-state index in [9.17, 15) is 29.4 Å². The summed E-state index contributed by atoms with van der Waals surface area (Å²) < 4.78 is 25.3. The molecule has 3 N–H and O–H groups in total. The molecule has 2 aliphatic heterocycles. The number of likely N-dealkylation sites (tertiary alicyclic amines) is 1. The van der Waals surface area contributed by atoms with Crippen LogP contribution in [-0.4, -0.2) is 93.8 Å². The first kappa shape index (κ1) is 46.5. The Morgan fingerprint density at radius 3 is 2.42 bits per heavy atom. The van der Waals surface area contributed by atoms with Crippen LogP contribution in [0.4, 0.5) is 0 Å². The van der Waals surface area contributed by atoms with E-state index in [4.69, 9.17) is 18.9 Å². The van der Waals surface area contributed by atoms with Gasteiger partial charge in [-0.1, -0.05) is 82.0 Å². The molecule has 0 radical (unpaired) electrons. The molecule has 2 aromatic carbocycles. The van der Waals surface area contributed by atoms with Crippen LogP contribution in [0.25, 0.3) is 6.08 Å². The highest BCUT2D eigenvalue weighted by atomic mass is 16.8. The maximum absolute atomic E-state index is 14.5. The summed E-state index contributed by atoms with van der Waals surface area (Å²) in [6.45, 7) is 9.61. The Bertz CT molecular complexity index is 1820. The molecule has 0 bridgehead atoms. The normalized spacial score (nSPS) is 21.6. The van der Waals surface area contributed by atoms with E-state index in [1.165, 1.54) is 0 Å². The van der Waals surface area contributed by atoms with Gasteiger partial charge in [0.2, 0.25) is 11.8 Å². The molecule has 0 spiro atoms. The fourth-order valence-electron chi connectivity index (χ4n) is 8.23. The monoisotopic (exact) mass is 830 g/mol. The van der Waals surface area contributed by atoms with Crippen molar-refractivity contribution < 1.29 is 48.3 Å². The number of amides is 2. The van der Waals surface area contributed by atoms with Gasteiger partial charge in [0, 0.05) is 37.8 Å². The molecule has 12 nitrogen and oxygen atoms in total. The van der Waals surface area contributed by atoms with E-state index < -0.39 is 59.6 Å². The maximum atomic E-state index is 14.5. The van der Waals surface area contributed by atoms with Crippen molar-refractivity contribution in [2.45, 2.75) is 166 Å². The number of nitrogens with zero attached hydrogens (tertiary/aromatic N) is 1. The van der Waals surface area contributed by atoms with Crippen LogP contribution in [0.3, 0.4) is 0 Å². The number of ether oxygens (including phenoxy) is 4. The number of phenols is 1. The molecule has 2 aromatic rings. The minimum Gasteiger partial charge on any atom is -0.508 e. The van der Waals surface area contributed by atoms with Crippen LogP contribution in [0.15, 0.2) is 66.3 Å². The zero-order chi connectivity index (χ0) is 43.3. The van der Waals surface area contributed by atoms with Crippen molar-refractivity contribution in [3.63, 3.8) is 0 Å². The Kier molecular flexibility index (Phi) is 16.9. The minimum atomic E-state index is -0.883. The quantitative estimate of drug-likeness (QED) is 0.0890. The van der Waals surface area contributed by atoms with E-state index in [-0.39, 0.29) is 37.5 Å². The van der Waals surface area contributed by atoms with E-state index in [0.29, 0.717) is 49.8 Å². The lowest BCUT2D eigenvalue weighted by Gasteiger charge is -2.33. The molecular weight excluding hydrogens is 765 g/mol. The first-order chi connectivity index (χ1) is 28.7. The number of carbonyl (C=O) groups is 4. The fraction of sp³-hybridized carbons (Fsp3) is 0.583. The molecule has 5 unspecified atom stereocenters. The van der Waals surface area contributed by atoms with Gasteiger partial charge < -0.3 is 39.4 Å². The van der Waals surface area contributed by atoms with E-state index in [1.807, 2.05) is 30.4 Å². The first-order valence-corrected chi connectivity index (χ1v) is 22.0. The Balaban J connectivity index is 1.34. The summed E-state index contributed by atoms with van der Waals surface area (Å²) in [7, 11) is 0. The molecule has 60 heavy (non-hydrogen) atoms. The van der Waals surface area contributed by atoms with Crippen molar-refractivity contribution in [2.24, 2.45) is 0 Å². The van der Waals surface area contributed by atoms with Crippen LogP contribution >= 0.6 is 0 Å². The van der Waals surface area contributed by atoms with E-state index in [2.05, 4.69) is 19.2 Å². The number of hydrogen-bond acceptors (Lipinski definition) is 10. The Hall–Kier alpha value is -4.52. The lowest BCUT2D eigenvalue weighted by Crippen LogP contribution is -2.51. The predicted octanol–water partition coefficient (Wildman–Crippen LogP) is 7.73. The number of fused-ring (bicyclic) bond motifs is 1. The Labute approximate surface area is 355 Å². The third-order valence-corrected chi connectivity index (χ3v) is 11.3. The Morgan fingerprint density at radius 2 is 1.73 bits per heavy atom. The second kappa shape index (κ2) is 21.8. The third kappa shape index (κ3) is 13.0. The van der Waals surface area contributed by atoms with Crippen molar-refractivity contribution in [3.05, 3.63) is 82.9 Å². The van der Waals surface area contributed by atoms with Gasteiger partial charge in [0.25, 0.3) is 0 Å². The molecular formula is C48H66N2O10. The predicted molar refractivity (Wildman–Crippen MR) is 229 cm³/mol. The van der Waals surface area contributed by atoms with Crippen molar-refractivity contribution in [2.75, 3.05) is 13.2 Å². The molecule has 2 amide bonds. The molecule has 0 aromatic heterocycles. The number of allylic oxidation sites excluding steroid dienone is 1. The summed E-state index contributed by atoms with van der Waals surface area (Å²) in [6, 6.07) is 12.8. The van der Waals surface area contributed by atoms with Gasteiger partial charge in [-0.05, 0) is 94.7 Å². The summed E-state index contributed by atoms with van der Waals surface area (Å²) in [5, 5.41) is 23.1. The van der Waals surface area contributed by atoms with Crippen LogP contribution in [0.2, 0.25) is 0 Å². The molecule has 5 atom stereocenters. The minimum absolute atomic E-state index is 0.0206. The fourth-order valence-corrected chi connectivity index (χ4v) is 8.23. The van der Waals surface area contributed by atoms with Crippen molar-refractivity contribution in [3.8, 4) is 5.75 Å². The maximum Gasteiger partial charge on any atom is 0.338 e. The number of nitrogens with one attached hydrogen (secondary N) is 1. The smallest absolute Gasteiger partial charge is 0.338 e. The van der Waals surface area contributed by atoms with Gasteiger partial charge >= 0.3 is 11.9 Å². The Morgan fingerprint density at radius 1 is 1.00 bits per heavy atom. The van der Waals surface area contributed by atoms with E-state index in [0.717, 1.165) is 49.7 Å². The highest BCUT2D eigenvalue weighted by molar-refractivity contribution is 5.98. The van der Waals surface area contributed by atoms with Gasteiger partial charge in [-0.3, -0.25) is 14.4 Å². The van der Waals surface area contributed by atoms with Gasteiger partial charge in [-0.15, -0.1) is 0 Å². The number of carbonyl (C=O) groups excluding carboxylic acids is 4. The summed E-state index contributed by atoms with van der Waals surface area (Å²) >= 11 is 0. The average Bonchev–Trinajstić information content (AvgIpc) is 3.85. The van der Waals surface area contributed by atoms with Crippen LogP contribution < -0.4 is 5.32 Å². The highest BCUT2D eigenvalue weighted by Crippen LogP contribution is 2.43. The zero-order valence-electron chi connectivity index (χ0n) is 36.2. The number of aliphatic hydroxyl groups excluding tert-OH is 1. The number of benzene rings is 2. The molecule has 328 valence electrons. The highest BCUT2D eigenvalue weighted by Gasteiger charge is 2.53. The lowest BCUT2D eigenvalue weighted by molar-refractivity contribution is -0.190. The number of para-hydroxylation sites is 1. The number of unbranched alkanes of at least 4 members (excludes halogenated alkanes) is 4. The number of aliphatic hydroxyl groups is 1. The molecule has 0 saturated carbocycles. The second-order valence-electron chi connectivity index (χ2n) is 17.4. The van der Waals surface area contributed by atoms with Crippen LogP contribution in [0.5, 0.6) is 5.75 Å². The molecule has 2 heterocycles. The number of rotatable bonds is 20. The van der Waals surface area contributed by atoms with E-state index in [1.54, 1.807) is 62.1 Å². The number of hydrogen-bond donors (Lipinski definition) is 3. The molecule has 1 aliphatic carbocycles. The van der Waals surface area contributed by atoms with Crippen LogP contribution in [0.1, 0.15) is 140 Å². The standard InChI is InChI=1S/C48H66N2O10/c1-6-8-12-26-48(27-13-9-7-2)58-41-31-36(45(55)50-28-16-22-38(50)44(54)49-37(32-51)24-25-42(53)59-47(3,4)5)30-40(43(41)60-48)57-46(56)35-21-15-18-33(29-35)17-14-20-34-19-10-11-23-39(34)52/h10-11,14-15,17-19,21,23,29,31,37-38,40-41,43,51-52H,6-9,12-13,16,20,22,24-28,30,32H2,1-5H3,(H,49,54). The number of esters is 2. The van der Waals surface area contributed by atoms with Gasteiger partial charge in [0.05, 0.1) is 18.2 Å². The summed E-state index contributed by atoms with van der Waals surface area (Å²) in [5.74, 6) is -2.37. The summed E-state index contributed by atoms with van der Waals surface area (Å²) in [6.07, 6.45) is 12.6. The molecule has 2 fully saturated rings. The second-order valence-corrected chi connectivity index (χ2v) is 17.4. The number of phenolic OH excluding ortho intramolecular Hbond substituents is 1. The van der Waals surface area contributed by atoms with Crippen molar-refractivity contribution in [1.29, 1.82) is 0 Å².